The lowest BCUT2D eigenvalue weighted by Gasteiger charge is -2.35. The zero-order valence-corrected chi connectivity index (χ0v) is 26.9. The largest absolute Gasteiger partial charge is 0.508 e. The first kappa shape index (κ1) is 30.8. The van der Waals surface area contributed by atoms with Crippen LogP contribution in [0.5, 0.6) is 6.01 Å². The summed E-state index contributed by atoms with van der Waals surface area (Å²) in [4.78, 5) is 14.2. The molecule has 6 rings (SSSR count). The molecule has 44 heavy (non-hydrogen) atoms. The molecule has 2 aromatic carbocycles. The van der Waals surface area contributed by atoms with Crippen molar-refractivity contribution in [2.24, 2.45) is 0 Å². The number of nitrogens with zero attached hydrogens (tertiary/aromatic N) is 4. The number of aryl methyl sites for hydroxylation is 1. The third-order valence-electron chi connectivity index (χ3n) is 9.52. The van der Waals surface area contributed by atoms with Crippen LogP contribution in [0.3, 0.4) is 0 Å². The molecule has 0 radical (unpaired) electrons. The number of aliphatic hydroxyl groups excluding tert-OH is 1. The molecule has 7 nitrogen and oxygen atoms in total. The monoisotopic (exact) mass is 619 g/mol. The Balaban J connectivity index is 1.36. The Morgan fingerprint density at radius 1 is 1.16 bits per heavy atom. The maximum Gasteiger partial charge on any atom is 0.319 e. The third-order valence-corrected chi connectivity index (χ3v) is 9.81. The van der Waals surface area contributed by atoms with Gasteiger partial charge in [-0.25, -0.2) is 4.39 Å². The molecule has 0 saturated carbocycles. The van der Waals surface area contributed by atoms with Gasteiger partial charge < -0.3 is 20.1 Å². The summed E-state index contributed by atoms with van der Waals surface area (Å²) in [5, 5.41) is 15.2. The lowest BCUT2D eigenvalue weighted by molar-refractivity contribution is 0.118. The summed E-state index contributed by atoms with van der Waals surface area (Å²) in [6.07, 6.45) is 8.70. The van der Waals surface area contributed by atoms with Crippen LogP contribution in [-0.2, 0) is 0 Å². The number of nitrogens with one attached hydrogen (secondary N) is 1. The maximum absolute atomic E-state index is 16.5. The first-order chi connectivity index (χ1) is 21.1. The van der Waals surface area contributed by atoms with Crippen molar-refractivity contribution in [2.45, 2.75) is 77.4 Å². The number of allylic oxidation sites excluding steroid dienone is 2. The van der Waals surface area contributed by atoms with Crippen molar-refractivity contribution in [1.82, 2.24) is 20.2 Å². The minimum atomic E-state index is -0.547. The zero-order valence-electron chi connectivity index (χ0n) is 26.2. The Hall–Kier alpha value is -3.20. The first-order valence-corrected chi connectivity index (χ1v) is 16.2. The SMILES string of the molecule is C/C(=C\C(O)=C/c1ccccc1C)c1c(Cl)cc2c(N3CC4CCC(C3)N4)nc(OCCC(C)(C)N3CCCC3)nc2c1F. The Kier molecular flexibility index (Phi) is 8.86. The van der Waals surface area contributed by atoms with E-state index in [0.29, 0.717) is 35.5 Å². The molecule has 4 heterocycles. The topological polar surface area (TPSA) is 73.8 Å². The van der Waals surface area contributed by atoms with Gasteiger partial charge in [-0.1, -0.05) is 35.9 Å². The highest BCUT2D eigenvalue weighted by molar-refractivity contribution is 6.33. The van der Waals surface area contributed by atoms with Crippen LogP contribution < -0.4 is 15.0 Å². The minimum absolute atomic E-state index is 0.00439. The molecule has 234 valence electrons. The van der Waals surface area contributed by atoms with Gasteiger partial charge in [0.05, 0.1) is 11.6 Å². The van der Waals surface area contributed by atoms with Crippen LogP contribution in [0.25, 0.3) is 22.6 Å². The van der Waals surface area contributed by atoms with Crippen LogP contribution in [0.15, 0.2) is 42.2 Å². The molecule has 2 N–H and O–H groups in total. The number of halogens is 2. The third kappa shape index (κ3) is 6.44. The quantitative estimate of drug-likeness (QED) is 0.192. The predicted molar refractivity (Wildman–Crippen MR) is 177 cm³/mol. The van der Waals surface area contributed by atoms with Crippen molar-refractivity contribution in [3.05, 3.63) is 69.7 Å². The number of fused-ring (bicyclic) bond motifs is 3. The predicted octanol–water partition coefficient (Wildman–Crippen LogP) is 7.32. The van der Waals surface area contributed by atoms with E-state index < -0.39 is 5.82 Å². The standard InChI is InChI=1S/C35H43ClFN5O2/c1-22-9-5-6-10-24(22)18-27(43)17-23(2)30-29(36)19-28-32(31(30)37)39-34(44-16-13-35(3,4)42-14-7-8-15-42)40-33(28)41-20-25-11-12-26(21-41)38-25/h5-6,9-10,17-19,25-26,38,43H,7-8,11-16,20-21H2,1-4H3/b23-17+,27-18+. The van der Waals surface area contributed by atoms with E-state index in [1.54, 1.807) is 19.1 Å². The molecule has 2 atom stereocenters. The van der Waals surface area contributed by atoms with Crippen LogP contribution in [0.4, 0.5) is 10.2 Å². The molecular weight excluding hydrogens is 577 g/mol. The Morgan fingerprint density at radius 2 is 1.86 bits per heavy atom. The van der Waals surface area contributed by atoms with Crippen molar-refractivity contribution >= 4 is 40.0 Å². The average molecular weight is 620 g/mol. The summed E-state index contributed by atoms with van der Waals surface area (Å²) < 4.78 is 22.7. The second kappa shape index (κ2) is 12.7. The molecule has 0 aliphatic carbocycles. The number of rotatable bonds is 9. The molecule has 0 spiro atoms. The van der Waals surface area contributed by atoms with Gasteiger partial charge in [0.2, 0.25) is 0 Å². The molecule has 2 bridgehead atoms. The van der Waals surface area contributed by atoms with Crippen molar-refractivity contribution < 1.29 is 14.2 Å². The molecule has 9 heteroatoms. The number of hydrogen-bond acceptors (Lipinski definition) is 7. The summed E-state index contributed by atoms with van der Waals surface area (Å²) in [6, 6.07) is 10.4. The summed E-state index contributed by atoms with van der Waals surface area (Å²) in [5.74, 6) is 0.115. The lowest BCUT2D eigenvalue weighted by atomic mass is 9.99. The number of piperazine rings is 1. The van der Waals surface area contributed by atoms with E-state index in [-0.39, 0.29) is 33.4 Å². The Bertz CT molecular complexity index is 1590. The lowest BCUT2D eigenvalue weighted by Crippen LogP contribution is -2.51. The van der Waals surface area contributed by atoms with E-state index in [1.807, 2.05) is 31.2 Å². The Labute approximate surface area is 264 Å². The zero-order chi connectivity index (χ0) is 31.0. The molecule has 3 aliphatic heterocycles. The molecular formula is C35H43ClFN5O2. The van der Waals surface area contributed by atoms with Gasteiger partial charge in [0.1, 0.15) is 17.1 Å². The minimum Gasteiger partial charge on any atom is -0.508 e. The number of anilines is 1. The fourth-order valence-electron chi connectivity index (χ4n) is 6.91. The molecule has 3 fully saturated rings. The number of aromatic nitrogens is 2. The highest BCUT2D eigenvalue weighted by Gasteiger charge is 2.34. The molecule has 3 aliphatic rings. The fraction of sp³-hybridized carbons (Fsp3) is 0.486. The Morgan fingerprint density at radius 3 is 2.57 bits per heavy atom. The van der Waals surface area contributed by atoms with Crippen LogP contribution >= 0.6 is 11.6 Å². The van der Waals surface area contributed by atoms with E-state index in [4.69, 9.17) is 21.3 Å². The summed E-state index contributed by atoms with van der Waals surface area (Å²) in [6.45, 7) is 12.4. The van der Waals surface area contributed by atoms with E-state index in [9.17, 15) is 5.11 Å². The smallest absolute Gasteiger partial charge is 0.319 e. The number of benzene rings is 2. The summed E-state index contributed by atoms with van der Waals surface area (Å²) in [5.41, 5.74) is 2.78. The normalized spacial score (nSPS) is 21.5. The van der Waals surface area contributed by atoms with Gasteiger partial charge in [0, 0.05) is 41.7 Å². The van der Waals surface area contributed by atoms with Gasteiger partial charge in [-0.3, -0.25) is 4.90 Å². The van der Waals surface area contributed by atoms with Crippen molar-refractivity contribution in [3.8, 4) is 6.01 Å². The van der Waals surface area contributed by atoms with Crippen LogP contribution in [0.1, 0.15) is 69.6 Å². The van der Waals surface area contributed by atoms with Gasteiger partial charge in [-0.15, -0.1) is 0 Å². The van der Waals surface area contributed by atoms with Crippen LogP contribution in [-0.4, -0.2) is 70.4 Å². The molecule has 2 unspecified atom stereocenters. The number of aliphatic hydroxyl groups is 1. The number of hydrogen-bond donors (Lipinski definition) is 2. The van der Waals surface area contributed by atoms with Gasteiger partial charge >= 0.3 is 6.01 Å². The fourth-order valence-corrected chi connectivity index (χ4v) is 7.25. The van der Waals surface area contributed by atoms with E-state index in [2.05, 4.69) is 33.9 Å². The van der Waals surface area contributed by atoms with Crippen molar-refractivity contribution in [1.29, 1.82) is 0 Å². The van der Waals surface area contributed by atoms with Crippen LogP contribution in [0, 0.1) is 12.7 Å². The molecule has 1 aromatic heterocycles. The van der Waals surface area contributed by atoms with E-state index in [1.165, 1.54) is 18.9 Å². The van der Waals surface area contributed by atoms with Crippen molar-refractivity contribution in [3.63, 3.8) is 0 Å². The van der Waals surface area contributed by atoms with Gasteiger partial charge in [-0.2, -0.15) is 9.97 Å². The number of likely N-dealkylation sites (tertiary alicyclic amines) is 1. The van der Waals surface area contributed by atoms with Gasteiger partial charge in [0.15, 0.2) is 5.82 Å². The number of ether oxygens (including phenoxy) is 1. The maximum atomic E-state index is 16.5. The first-order valence-electron chi connectivity index (χ1n) is 15.8. The second-order valence-corrected chi connectivity index (χ2v) is 13.6. The molecule has 3 saturated heterocycles. The van der Waals surface area contributed by atoms with Gasteiger partial charge in [0.25, 0.3) is 0 Å². The van der Waals surface area contributed by atoms with Gasteiger partial charge in [-0.05, 0) is 108 Å². The van der Waals surface area contributed by atoms with Crippen LogP contribution in [0.2, 0.25) is 5.02 Å². The van der Waals surface area contributed by atoms with Crippen molar-refractivity contribution in [2.75, 3.05) is 37.7 Å². The molecule has 3 aromatic rings. The van der Waals surface area contributed by atoms with E-state index in [0.717, 1.165) is 56.6 Å². The highest BCUT2D eigenvalue weighted by atomic mass is 35.5. The van der Waals surface area contributed by atoms with E-state index >= 15 is 4.39 Å². The second-order valence-electron chi connectivity index (χ2n) is 13.2. The highest BCUT2D eigenvalue weighted by Crippen LogP contribution is 2.38. The molecule has 0 amide bonds. The summed E-state index contributed by atoms with van der Waals surface area (Å²) >= 11 is 6.78. The average Bonchev–Trinajstić information content (AvgIpc) is 3.64. The summed E-state index contributed by atoms with van der Waals surface area (Å²) in [7, 11) is 0.